The van der Waals surface area contributed by atoms with Crippen LogP contribution >= 0.6 is 0 Å². The first kappa shape index (κ1) is 16.2. The fourth-order valence-corrected chi connectivity index (χ4v) is 3.00. The summed E-state index contributed by atoms with van der Waals surface area (Å²) in [7, 11) is 1.70. The van der Waals surface area contributed by atoms with Crippen molar-refractivity contribution < 1.29 is 9.47 Å². The largest absolute Gasteiger partial charge is 0.497 e. The number of rotatable bonds is 7. The van der Waals surface area contributed by atoms with E-state index in [0.29, 0.717) is 0 Å². The fraction of sp³-hybridized carbons (Fsp3) is 0.474. The summed E-state index contributed by atoms with van der Waals surface area (Å²) in [5.41, 5.74) is 1.33. The monoisotopic (exact) mass is 314 g/mol. The third-order valence-electron chi connectivity index (χ3n) is 4.37. The summed E-state index contributed by atoms with van der Waals surface area (Å²) in [5, 5.41) is 6.03. The van der Waals surface area contributed by atoms with Gasteiger partial charge in [-0.05, 0) is 54.0 Å². The van der Waals surface area contributed by atoms with Crippen LogP contribution in [0.3, 0.4) is 0 Å². The van der Waals surface area contributed by atoms with Crippen LogP contribution in [-0.2, 0) is 11.3 Å². The van der Waals surface area contributed by atoms with E-state index in [2.05, 4.69) is 40.5 Å². The molecule has 0 amide bonds. The second-order valence-corrected chi connectivity index (χ2v) is 6.03. The summed E-state index contributed by atoms with van der Waals surface area (Å²) in [6.07, 6.45) is 1.19. The van der Waals surface area contributed by atoms with E-state index in [-0.39, 0.29) is 0 Å². The molecule has 0 aliphatic carbocycles. The molecule has 4 heteroatoms. The lowest BCUT2D eigenvalue weighted by atomic mass is 10.1. The van der Waals surface area contributed by atoms with Gasteiger partial charge in [-0.25, -0.2) is 0 Å². The lowest BCUT2D eigenvalue weighted by Gasteiger charge is -2.26. The van der Waals surface area contributed by atoms with Crippen LogP contribution in [0.1, 0.15) is 12.0 Å². The maximum absolute atomic E-state index is 5.37. The Balaban J connectivity index is 1.43. The summed E-state index contributed by atoms with van der Waals surface area (Å²) in [6.45, 7) is 7.06. The van der Waals surface area contributed by atoms with Crippen molar-refractivity contribution in [1.82, 2.24) is 10.2 Å². The van der Waals surface area contributed by atoms with E-state index in [9.17, 15) is 0 Å². The van der Waals surface area contributed by atoms with Gasteiger partial charge in [0.05, 0.1) is 20.3 Å². The molecule has 0 atom stereocenters. The number of nitrogens with one attached hydrogen (secondary N) is 1. The first-order valence-corrected chi connectivity index (χ1v) is 8.43. The van der Waals surface area contributed by atoms with E-state index in [4.69, 9.17) is 9.47 Å². The van der Waals surface area contributed by atoms with Crippen LogP contribution in [-0.4, -0.2) is 51.4 Å². The molecule has 124 valence electrons. The van der Waals surface area contributed by atoms with Gasteiger partial charge in [0.25, 0.3) is 0 Å². The number of benzene rings is 2. The highest BCUT2D eigenvalue weighted by atomic mass is 16.5. The maximum Gasteiger partial charge on any atom is 0.119 e. The maximum atomic E-state index is 5.37. The molecule has 3 rings (SSSR count). The zero-order valence-electron chi connectivity index (χ0n) is 13.9. The highest BCUT2D eigenvalue weighted by Gasteiger charge is 2.08. The molecular formula is C19H26N2O2. The predicted molar refractivity (Wildman–Crippen MR) is 94.1 cm³/mol. The molecule has 0 radical (unpaired) electrons. The van der Waals surface area contributed by atoms with Gasteiger partial charge in [-0.2, -0.15) is 0 Å². The molecule has 0 aromatic heterocycles. The average Bonchev–Trinajstić information content (AvgIpc) is 2.62. The van der Waals surface area contributed by atoms with E-state index in [1.54, 1.807) is 7.11 Å². The quantitative estimate of drug-likeness (QED) is 0.797. The Bertz CT molecular complexity index is 624. The smallest absolute Gasteiger partial charge is 0.119 e. The van der Waals surface area contributed by atoms with E-state index in [1.807, 2.05) is 6.07 Å². The van der Waals surface area contributed by atoms with Gasteiger partial charge >= 0.3 is 0 Å². The van der Waals surface area contributed by atoms with Crippen LogP contribution in [0.25, 0.3) is 10.8 Å². The van der Waals surface area contributed by atoms with Gasteiger partial charge in [-0.3, -0.25) is 4.90 Å². The normalized spacial score (nSPS) is 15.9. The van der Waals surface area contributed by atoms with Gasteiger partial charge in [0.15, 0.2) is 0 Å². The second kappa shape index (κ2) is 8.29. The van der Waals surface area contributed by atoms with E-state index < -0.39 is 0 Å². The number of morpholine rings is 1. The van der Waals surface area contributed by atoms with Gasteiger partial charge < -0.3 is 14.8 Å². The third-order valence-corrected chi connectivity index (χ3v) is 4.37. The predicted octanol–water partition coefficient (Wildman–Crippen LogP) is 2.66. The number of hydrogen-bond acceptors (Lipinski definition) is 4. The van der Waals surface area contributed by atoms with Crippen molar-refractivity contribution >= 4 is 10.8 Å². The summed E-state index contributed by atoms with van der Waals surface area (Å²) in [6, 6.07) is 12.8. The Hall–Kier alpha value is -1.62. The van der Waals surface area contributed by atoms with Crippen molar-refractivity contribution in [2.24, 2.45) is 0 Å². The average molecular weight is 314 g/mol. The molecule has 1 fully saturated rings. The lowest BCUT2D eigenvalue weighted by molar-refractivity contribution is 0.0374. The zero-order valence-corrected chi connectivity index (χ0v) is 13.9. The first-order valence-electron chi connectivity index (χ1n) is 8.43. The van der Waals surface area contributed by atoms with Crippen molar-refractivity contribution in [3.05, 3.63) is 42.0 Å². The van der Waals surface area contributed by atoms with Gasteiger partial charge in [0.2, 0.25) is 0 Å². The minimum Gasteiger partial charge on any atom is -0.497 e. The van der Waals surface area contributed by atoms with Crippen LogP contribution in [0.5, 0.6) is 5.75 Å². The number of fused-ring (bicyclic) bond motifs is 1. The standard InChI is InChI=1S/C19H26N2O2/c1-22-19-6-5-17-13-16(3-4-18(17)14-19)15-20-7-2-8-21-9-11-23-12-10-21/h3-6,13-14,20H,2,7-12,15H2,1H3. The van der Waals surface area contributed by atoms with Crippen molar-refractivity contribution in [2.75, 3.05) is 46.5 Å². The molecule has 23 heavy (non-hydrogen) atoms. The van der Waals surface area contributed by atoms with Gasteiger partial charge in [-0.1, -0.05) is 18.2 Å². The van der Waals surface area contributed by atoms with Crippen molar-refractivity contribution in [1.29, 1.82) is 0 Å². The molecule has 2 aromatic rings. The minimum atomic E-state index is 0.884. The van der Waals surface area contributed by atoms with Crippen LogP contribution in [0, 0.1) is 0 Å². The van der Waals surface area contributed by atoms with E-state index in [0.717, 1.165) is 51.7 Å². The van der Waals surface area contributed by atoms with Crippen LogP contribution in [0.4, 0.5) is 0 Å². The Kier molecular flexibility index (Phi) is 5.86. The molecule has 1 aliphatic heterocycles. The zero-order chi connectivity index (χ0) is 15.9. The molecule has 1 heterocycles. The summed E-state index contributed by atoms with van der Waals surface area (Å²) < 4.78 is 10.6. The summed E-state index contributed by atoms with van der Waals surface area (Å²) in [4.78, 5) is 2.48. The van der Waals surface area contributed by atoms with Gasteiger partial charge in [-0.15, -0.1) is 0 Å². The first-order chi connectivity index (χ1) is 11.3. The summed E-state index contributed by atoms with van der Waals surface area (Å²) in [5.74, 6) is 0.909. The number of methoxy groups -OCH3 is 1. The Labute approximate surface area is 138 Å². The molecular weight excluding hydrogens is 288 g/mol. The summed E-state index contributed by atoms with van der Waals surface area (Å²) >= 11 is 0. The Morgan fingerprint density at radius 3 is 2.70 bits per heavy atom. The van der Waals surface area contributed by atoms with E-state index >= 15 is 0 Å². The second-order valence-electron chi connectivity index (χ2n) is 6.03. The molecule has 1 N–H and O–H groups in total. The molecule has 1 saturated heterocycles. The molecule has 4 nitrogen and oxygen atoms in total. The molecule has 0 bridgehead atoms. The van der Waals surface area contributed by atoms with Gasteiger partial charge in [0, 0.05) is 19.6 Å². The lowest BCUT2D eigenvalue weighted by Crippen LogP contribution is -2.37. The van der Waals surface area contributed by atoms with Crippen LogP contribution in [0.15, 0.2) is 36.4 Å². The third kappa shape index (κ3) is 4.67. The molecule has 1 aliphatic rings. The SMILES string of the molecule is COc1ccc2cc(CNCCCN3CCOCC3)ccc2c1. The topological polar surface area (TPSA) is 33.7 Å². The highest BCUT2D eigenvalue weighted by molar-refractivity contribution is 5.84. The molecule has 0 spiro atoms. The van der Waals surface area contributed by atoms with Crippen molar-refractivity contribution in [2.45, 2.75) is 13.0 Å². The van der Waals surface area contributed by atoms with Crippen LogP contribution < -0.4 is 10.1 Å². The molecule has 2 aromatic carbocycles. The van der Waals surface area contributed by atoms with Crippen molar-refractivity contribution in [3.63, 3.8) is 0 Å². The number of nitrogens with zero attached hydrogens (tertiary/aromatic N) is 1. The highest BCUT2D eigenvalue weighted by Crippen LogP contribution is 2.21. The van der Waals surface area contributed by atoms with Gasteiger partial charge in [0.1, 0.15) is 5.75 Å². The van der Waals surface area contributed by atoms with Crippen molar-refractivity contribution in [3.8, 4) is 5.75 Å². The molecule has 0 saturated carbocycles. The van der Waals surface area contributed by atoms with Crippen LogP contribution in [0.2, 0.25) is 0 Å². The van der Waals surface area contributed by atoms with E-state index in [1.165, 1.54) is 22.8 Å². The minimum absolute atomic E-state index is 0.884. The Morgan fingerprint density at radius 2 is 1.87 bits per heavy atom. The number of ether oxygens (including phenoxy) is 2. The number of hydrogen-bond donors (Lipinski definition) is 1. The Morgan fingerprint density at radius 1 is 1.09 bits per heavy atom. The molecule has 0 unspecified atom stereocenters. The fourth-order valence-electron chi connectivity index (χ4n) is 3.00.